The fourth-order valence-corrected chi connectivity index (χ4v) is 1.61. The summed E-state index contributed by atoms with van der Waals surface area (Å²) in [6.07, 6.45) is 9.59. The highest BCUT2D eigenvalue weighted by Gasteiger charge is 2.20. The molecule has 0 spiro atoms. The summed E-state index contributed by atoms with van der Waals surface area (Å²) in [5, 5.41) is 0. The molecule has 2 heteroatoms. The number of rotatable bonds is 3. The third-order valence-electron chi connectivity index (χ3n) is 2.36. The Morgan fingerprint density at radius 2 is 2.06 bits per heavy atom. The van der Waals surface area contributed by atoms with Crippen molar-refractivity contribution in [1.29, 1.82) is 0 Å². The van der Waals surface area contributed by atoms with Gasteiger partial charge in [0.25, 0.3) is 0 Å². The van der Waals surface area contributed by atoms with Gasteiger partial charge in [0.05, 0.1) is 0 Å². The number of aromatic nitrogens is 1. The van der Waals surface area contributed by atoms with Gasteiger partial charge in [-0.3, -0.25) is 0 Å². The standard InChI is InChI=1S/C14H20N2/c1-6-8-9-11-12(14(3,4)5)10-16-13(11)15-7-2/h6-10,16H,1H2,2-5H3/b9-8-,15-7+. The number of H-pyrrole nitrogens is 1. The Kier molecular flexibility index (Phi) is 3.88. The van der Waals surface area contributed by atoms with Crippen molar-refractivity contribution in [3.8, 4) is 0 Å². The minimum Gasteiger partial charge on any atom is -0.346 e. The van der Waals surface area contributed by atoms with Crippen LogP contribution in [0.5, 0.6) is 0 Å². The number of nitrogens with one attached hydrogen (secondary N) is 1. The first-order valence-corrected chi connectivity index (χ1v) is 5.50. The van der Waals surface area contributed by atoms with E-state index in [9.17, 15) is 0 Å². The van der Waals surface area contributed by atoms with Gasteiger partial charge in [-0.05, 0) is 17.9 Å². The van der Waals surface area contributed by atoms with Crippen LogP contribution in [0, 0.1) is 0 Å². The van der Waals surface area contributed by atoms with Gasteiger partial charge in [-0.15, -0.1) is 0 Å². The van der Waals surface area contributed by atoms with E-state index in [2.05, 4.69) is 37.3 Å². The molecule has 1 rings (SSSR count). The summed E-state index contributed by atoms with van der Waals surface area (Å²) in [7, 11) is 0. The molecule has 86 valence electrons. The monoisotopic (exact) mass is 216 g/mol. The summed E-state index contributed by atoms with van der Waals surface area (Å²) in [5.74, 6) is 0.908. The molecular formula is C14H20N2. The van der Waals surface area contributed by atoms with Crippen LogP contribution in [0.4, 0.5) is 5.82 Å². The molecule has 2 nitrogen and oxygen atoms in total. The fourth-order valence-electron chi connectivity index (χ4n) is 1.61. The molecule has 1 heterocycles. The molecule has 0 unspecified atom stereocenters. The van der Waals surface area contributed by atoms with Crippen LogP contribution in [-0.4, -0.2) is 11.2 Å². The molecule has 1 aromatic heterocycles. The predicted molar refractivity (Wildman–Crippen MR) is 72.5 cm³/mol. The maximum Gasteiger partial charge on any atom is 0.137 e. The molecule has 0 aliphatic rings. The van der Waals surface area contributed by atoms with Crippen LogP contribution in [0.2, 0.25) is 0 Å². The Morgan fingerprint density at radius 3 is 2.56 bits per heavy atom. The van der Waals surface area contributed by atoms with Gasteiger partial charge in [0, 0.05) is 18.0 Å². The molecule has 1 aromatic rings. The van der Waals surface area contributed by atoms with E-state index >= 15 is 0 Å². The molecule has 0 aliphatic heterocycles. The van der Waals surface area contributed by atoms with Gasteiger partial charge in [-0.2, -0.15) is 0 Å². The first-order chi connectivity index (χ1) is 7.50. The lowest BCUT2D eigenvalue weighted by Crippen LogP contribution is -2.11. The summed E-state index contributed by atoms with van der Waals surface area (Å²) in [5.41, 5.74) is 2.52. The van der Waals surface area contributed by atoms with Gasteiger partial charge in [0.2, 0.25) is 0 Å². The molecule has 16 heavy (non-hydrogen) atoms. The topological polar surface area (TPSA) is 28.1 Å². The van der Waals surface area contributed by atoms with Crippen molar-refractivity contribution in [2.75, 3.05) is 0 Å². The molecule has 0 amide bonds. The number of allylic oxidation sites excluding steroid dienone is 2. The highest BCUT2D eigenvalue weighted by Crippen LogP contribution is 2.32. The van der Waals surface area contributed by atoms with Crippen LogP contribution >= 0.6 is 0 Å². The Balaban J connectivity index is 3.30. The molecule has 0 saturated carbocycles. The molecule has 0 aromatic carbocycles. The Bertz CT molecular complexity index is 414. The average molecular weight is 216 g/mol. The molecule has 0 saturated heterocycles. The number of aliphatic imine (C=N–C) groups is 1. The molecule has 0 bridgehead atoms. The van der Waals surface area contributed by atoms with E-state index in [0.717, 1.165) is 11.4 Å². The Labute approximate surface area is 97.8 Å². The zero-order valence-corrected chi connectivity index (χ0v) is 10.5. The van der Waals surface area contributed by atoms with Gasteiger partial charge in [-0.25, -0.2) is 4.99 Å². The lowest BCUT2D eigenvalue weighted by molar-refractivity contribution is 0.590. The van der Waals surface area contributed by atoms with E-state index in [-0.39, 0.29) is 5.41 Å². The molecule has 0 aliphatic carbocycles. The second kappa shape index (κ2) is 4.97. The van der Waals surface area contributed by atoms with Crippen LogP contribution in [0.15, 0.2) is 29.9 Å². The van der Waals surface area contributed by atoms with Crippen LogP contribution < -0.4 is 0 Å². The van der Waals surface area contributed by atoms with Gasteiger partial charge >= 0.3 is 0 Å². The van der Waals surface area contributed by atoms with Crippen molar-refractivity contribution >= 4 is 18.1 Å². The highest BCUT2D eigenvalue weighted by atomic mass is 14.9. The zero-order valence-electron chi connectivity index (χ0n) is 10.5. The van der Waals surface area contributed by atoms with Crippen molar-refractivity contribution in [3.05, 3.63) is 36.1 Å². The third-order valence-corrected chi connectivity index (χ3v) is 2.36. The summed E-state index contributed by atoms with van der Waals surface area (Å²) < 4.78 is 0. The second-order valence-electron chi connectivity index (χ2n) is 4.70. The minimum atomic E-state index is 0.110. The Hall–Kier alpha value is -1.57. The third kappa shape index (κ3) is 2.72. The van der Waals surface area contributed by atoms with E-state index in [0.29, 0.717) is 0 Å². The van der Waals surface area contributed by atoms with E-state index in [4.69, 9.17) is 0 Å². The summed E-state index contributed by atoms with van der Waals surface area (Å²) in [6.45, 7) is 12.2. The minimum absolute atomic E-state index is 0.110. The maximum absolute atomic E-state index is 4.33. The number of hydrogen-bond donors (Lipinski definition) is 1. The van der Waals surface area contributed by atoms with Gasteiger partial charge in [0.1, 0.15) is 5.82 Å². The van der Waals surface area contributed by atoms with Crippen LogP contribution in [0.1, 0.15) is 38.8 Å². The van der Waals surface area contributed by atoms with Crippen LogP contribution in [0.25, 0.3) is 6.08 Å². The van der Waals surface area contributed by atoms with Gasteiger partial charge in [-0.1, -0.05) is 45.6 Å². The number of hydrogen-bond acceptors (Lipinski definition) is 1. The van der Waals surface area contributed by atoms with Crippen molar-refractivity contribution < 1.29 is 0 Å². The van der Waals surface area contributed by atoms with Crippen molar-refractivity contribution in [2.45, 2.75) is 33.1 Å². The first-order valence-electron chi connectivity index (χ1n) is 5.50. The molecule has 0 radical (unpaired) electrons. The average Bonchev–Trinajstić information content (AvgIpc) is 2.58. The highest BCUT2D eigenvalue weighted by molar-refractivity contribution is 5.71. The van der Waals surface area contributed by atoms with Gasteiger partial charge in [0.15, 0.2) is 0 Å². The maximum atomic E-state index is 4.33. The van der Waals surface area contributed by atoms with Crippen molar-refractivity contribution in [2.24, 2.45) is 4.99 Å². The van der Waals surface area contributed by atoms with E-state index < -0.39 is 0 Å². The van der Waals surface area contributed by atoms with E-state index in [1.54, 1.807) is 12.3 Å². The molecule has 0 atom stereocenters. The quantitative estimate of drug-likeness (QED) is 0.578. The fraction of sp³-hybridized carbons (Fsp3) is 0.357. The summed E-state index contributed by atoms with van der Waals surface area (Å²) >= 11 is 0. The molecule has 0 fully saturated rings. The number of nitrogens with zero attached hydrogens (tertiary/aromatic N) is 1. The molecular weight excluding hydrogens is 196 g/mol. The normalized spacial score (nSPS) is 12.8. The lowest BCUT2D eigenvalue weighted by Gasteiger charge is -2.18. The summed E-state index contributed by atoms with van der Waals surface area (Å²) in [4.78, 5) is 7.53. The number of aromatic amines is 1. The zero-order chi connectivity index (χ0) is 12.2. The van der Waals surface area contributed by atoms with Crippen molar-refractivity contribution in [1.82, 2.24) is 4.98 Å². The second-order valence-corrected chi connectivity index (χ2v) is 4.70. The lowest BCUT2D eigenvalue weighted by atomic mass is 9.86. The molecule has 1 N–H and O–H groups in total. The van der Waals surface area contributed by atoms with E-state index in [1.165, 1.54) is 5.56 Å². The Morgan fingerprint density at radius 1 is 1.38 bits per heavy atom. The smallest absolute Gasteiger partial charge is 0.137 e. The first kappa shape index (κ1) is 12.5. The largest absolute Gasteiger partial charge is 0.346 e. The van der Waals surface area contributed by atoms with Gasteiger partial charge < -0.3 is 4.98 Å². The van der Waals surface area contributed by atoms with Crippen LogP contribution in [-0.2, 0) is 5.41 Å². The summed E-state index contributed by atoms with van der Waals surface area (Å²) in [6, 6.07) is 0. The van der Waals surface area contributed by atoms with Crippen LogP contribution in [0.3, 0.4) is 0 Å². The van der Waals surface area contributed by atoms with Crippen molar-refractivity contribution in [3.63, 3.8) is 0 Å². The predicted octanol–water partition coefficient (Wildman–Crippen LogP) is 4.23. The SMILES string of the molecule is C=C/C=C\c1c(C(C)(C)C)c[nH]c1/N=C/C. The van der Waals surface area contributed by atoms with E-state index in [1.807, 2.05) is 25.3 Å².